The van der Waals surface area contributed by atoms with E-state index in [-0.39, 0.29) is 11.2 Å². The molecule has 2 aromatic rings. The van der Waals surface area contributed by atoms with Crippen molar-refractivity contribution in [2.45, 2.75) is 32.4 Å². The van der Waals surface area contributed by atoms with Crippen molar-refractivity contribution in [2.24, 2.45) is 7.05 Å². The summed E-state index contributed by atoms with van der Waals surface area (Å²) in [6.45, 7) is 8.35. The molecule has 0 aliphatic carbocycles. The maximum absolute atomic E-state index is 12.5. The van der Waals surface area contributed by atoms with Gasteiger partial charge in [0, 0.05) is 64.6 Å². The first-order valence-electron chi connectivity index (χ1n) is 11.9. The van der Waals surface area contributed by atoms with Crippen molar-refractivity contribution in [1.29, 1.82) is 0 Å². The summed E-state index contributed by atoms with van der Waals surface area (Å²) in [5, 5.41) is 10.5. The van der Waals surface area contributed by atoms with Gasteiger partial charge in [0.05, 0.1) is 5.69 Å². The fraction of sp³-hybridized carbons (Fsp3) is 0.500. The standard InChI is InChI=1S/C26H36N4O2/c1-27-23(20-29-12-6-3-7-13-29)19-25(31)26(32)24(27)21-30-17-15-28(16-18-30)14-8-11-22-9-4-2-5-10-22/h2,4-5,8-11,19,32H,3,6-7,12-18,20-21H2,1H3/b11-8+. The van der Waals surface area contributed by atoms with Gasteiger partial charge in [-0.1, -0.05) is 48.9 Å². The first-order chi connectivity index (χ1) is 15.6. The summed E-state index contributed by atoms with van der Waals surface area (Å²) in [5.74, 6) is -0.0943. The third-order valence-electron chi connectivity index (χ3n) is 6.79. The van der Waals surface area contributed by atoms with Crippen LogP contribution in [-0.4, -0.2) is 70.2 Å². The molecule has 0 unspecified atom stereocenters. The lowest BCUT2D eigenvalue weighted by Gasteiger charge is -2.35. The number of benzene rings is 1. The van der Waals surface area contributed by atoms with E-state index in [9.17, 15) is 9.90 Å². The number of piperidine rings is 1. The lowest BCUT2D eigenvalue weighted by atomic mass is 10.1. The number of pyridine rings is 1. The zero-order chi connectivity index (χ0) is 22.3. The second-order valence-corrected chi connectivity index (χ2v) is 9.08. The lowest BCUT2D eigenvalue weighted by molar-refractivity contribution is 0.133. The Balaban J connectivity index is 1.34. The van der Waals surface area contributed by atoms with Crippen LogP contribution in [0.5, 0.6) is 5.75 Å². The van der Waals surface area contributed by atoms with E-state index in [0.717, 1.165) is 63.7 Å². The number of aromatic nitrogens is 1. The molecule has 2 saturated heterocycles. The maximum atomic E-state index is 12.5. The highest BCUT2D eigenvalue weighted by molar-refractivity contribution is 5.48. The van der Waals surface area contributed by atoms with Crippen molar-refractivity contribution in [3.05, 3.63) is 69.6 Å². The van der Waals surface area contributed by atoms with E-state index < -0.39 is 0 Å². The molecule has 0 saturated carbocycles. The van der Waals surface area contributed by atoms with Gasteiger partial charge in [-0.2, -0.15) is 0 Å². The van der Waals surface area contributed by atoms with Gasteiger partial charge in [-0.05, 0) is 31.5 Å². The Bertz CT molecular complexity index is 956. The number of rotatable bonds is 7. The molecule has 6 heteroatoms. The molecule has 0 bridgehead atoms. The molecule has 0 spiro atoms. The van der Waals surface area contributed by atoms with Crippen LogP contribution in [0, 0.1) is 0 Å². The van der Waals surface area contributed by atoms with Crippen molar-refractivity contribution < 1.29 is 5.11 Å². The van der Waals surface area contributed by atoms with Crippen molar-refractivity contribution in [3.8, 4) is 5.75 Å². The highest BCUT2D eigenvalue weighted by atomic mass is 16.3. The van der Waals surface area contributed by atoms with Crippen LogP contribution in [0.15, 0.2) is 47.3 Å². The molecule has 2 aliphatic rings. The average Bonchev–Trinajstić information content (AvgIpc) is 2.82. The molecule has 172 valence electrons. The highest BCUT2D eigenvalue weighted by Crippen LogP contribution is 2.19. The molecule has 6 nitrogen and oxygen atoms in total. The van der Waals surface area contributed by atoms with Gasteiger partial charge in [-0.25, -0.2) is 0 Å². The van der Waals surface area contributed by atoms with Crippen molar-refractivity contribution in [1.82, 2.24) is 19.3 Å². The summed E-state index contributed by atoms with van der Waals surface area (Å²) in [6, 6.07) is 12.0. The van der Waals surface area contributed by atoms with Crippen molar-refractivity contribution in [3.63, 3.8) is 0 Å². The minimum Gasteiger partial charge on any atom is -0.503 e. The molecule has 1 N–H and O–H groups in total. The Kier molecular flexibility index (Phi) is 7.79. The molecule has 2 fully saturated rings. The number of hydrogen-bond donors (Lipinski definition) is 1. The predicted octanol–water partition coefficient (Wildman–Crippen LogP) is 2.91. The summed E-state index contributed by atoms with van der Waals surface area (Å²) in [5.41, 5.74) is 2.71. The smallest absolute Gasteiger partial charge is 0.223 e. The molecule has 1 aromatic heterocycles. The van der Waals surface area contributed by atoms with Crippen LogP contribution < -0.4 is 5.43 Å². The zero-order valence-corrected chi connectivity index (χ0v) is 19.2. The van der Waals surface area contributed by atoms with Gasteiger partial charge >= 0.3 is 0 Å². The van der Waals surface area contributed by atoms with Crippen LogP contribution in [-0.2, 0) is 20.1 Å². The Labute approximate surface area is 191 Å². The minimum absolute atomic E-state index is 0.0943. The quantitative estimate of drug-likeness (QED) is 0.723. The lowest BCUT2D eigenvalue weighted by Crippen LogP contribution is -2.46. The van der Waals surface area contributed by atoms with Crippen LogP contribution in [0.25, 0.3) is 6.08 Å². The summed E-state index contributed by atoms with van der Waals surface area (Å²) < 4.78 is 2.04. The molecule has 4 rings (SSSR count). The fourth-order valence-corrected chi connectivity index (χ4v) is 4.71. The first-order valence-corrected chi connectivity index (χ1v) is 11.9. The molecule has 2 aliphatic heterocycles. The molecule has 1 aromatic carbocycles. The summed E-state index contributed by atoms with van der Waals surface area (Å²) in [6.07, 6.45) is 8.15. The van der Waals surface area contributed by atoms with Crippen LogP contribution >= 0.6 is 0 Å². The van der Waals surface area contributed by atoms with Gasteiger partial charge in [0.1, 0.15) is 0 Å². The van der Waals surface area contributed by atoms with Gasteiger partial charge in [0.15, 0.2) is 5.75 Å². The largest absolute Gasteiger partial charge is 0.503 e. The molecule has 0 atom stereocenters. The Hall–Kier alpha value is -2.41. The summed E-state index contributed by atoms with van der Waals surface area (Å²) in [7, 11) is 1.98. The second-order valence-electron chi connectivity index (χ2n) is 9.08. The van der Waals surface area contributed by atoms with Crippen LogP contribution in [0.2, 0.25) is 0 Å². The number of piperazine rings is 1. The number of likely N-dealkylation sites (tertiary alicyclic amines) is 1. The third kappa shape index (κ3) is 5.88. The summed E-state index contributed by atoms with van der Waals surface area (Å²) in [4.78, 5) is 19.7. The Morgan fingerprint density at radius 2 is 1.53 bits per heavy atom. The number of aromatic hydroxyl groups is 1. The summed E-state index contributed by atoms with van der Waals surface area (Å²) >= 11 is 0. The van der Waals surface area contributed by atoms with Crippen LogP contribution in [0.4, 0.5) is 0 Å². The van der Waals surface area contributed by atoms with Gasteiger partial charge in [-0.3, -0.25) is 19.5 Å². The zero-order valence-electron chi connectivity index (χ0n) is 19.2. The van der Waals surface area contributed by atoms with E-state index in [1.165, 1.54) is 24.8 Å². The molecular formula is C26H36N4O2. The van der Waals surface area contributed by atoms with Gasteiger partial charge in [0.25, 0.3) is 0 Å². The van der Waals surface area contributed by atoms with E-state index in [2.05, 4.69) is 51.1 Å². The van der Waals surface area contributed by atoms with E-state index in [0.29, 0.717) is 6.54 Å². The van der Waals surface area contributed by atoms with E-state index in [1.807, 2.05) is 17.7 Å². The fourth-order valence-electron chi connectivity index (χ4n) is 4.71. The topological polar surface area (TPSA) is 52.0 Å². The minimum atomic E-state index is -0.255. The molecule has 32 heavy (non-hydrogen) atoms. The van der Waals surface area contributed by atoms with Gasteiger partial charge in [-0.15, -0.1) is 0 Å². The second kappa shape index (κ2) is 10.9. The molecule has 3 heterocycles. The third-order valence-corrected chi connectivity index (χ3v) is 6.79. The van der Waals surface area contributed by atoms with Crippen molar-refractivity contribution >= 4 is 6.08 Å². The molecule has 0 amide bonds. The molecule has 0 radical (unpaired) electrons. The monoisotopic (exact) mass is 436 g/mol. The SMILES string of the molecule is Cn1c(CN2CCCCC2)cc(=O)c(O)c1CN1CCN(C/C=C/c2ccccc2)CC1. The van der Waals surface area contributed by atoms with E-state index >= 15 is 0 Å². The van der Waals surface area contributed by atoms with Crippen LogP contribution in [0.3, 0.4) is 0 Å². The Morgan fingerprint density at radius 3 is 2.25 bits per heavy atom. The molecular weight excluding hydrogens is 400 g/mol. The predicted molar refractivity (Wildman–Crippen MR) is 130 cm³/mol. The van der Waals surface area contributed by atoms with Crippen molar-refractivity contribution in [2.75, 3.05) is 45.8 Å². The maximum Gasteiger partial charge on any atom is 0.223 e. The highest BCUT2D eigenvalue weighted by Gasteiger charge is 2.21. The van der Waals surface area contributed by atoms with E-state index in [1.54, 1.807) is 6.07 Å². The number of nitrogens with zero attached hydrogens (tertiary/aromatic N) is 4. The Morgan fingerprint density at radius 1 is 0.875 bits per heavy atom. The van der Waals surface area contributed by atoms with Crippen LogP contribution in [0.1, 0.15) is 36.2 Å². The normalized spacial score (nSPS) is 19.0. The average molecular weight is 437 g/mol. The first kappa shape index (κ1) is 22.8. The van der Waals surface area contributed by atoms with Gasteiger partial charge < -0.3 is 9.67 Å². The van der Waals surface area contributed by atoms with Gasteiger partial charge in [0.2, 0.25) is 5.43 Å². The van der Waals surface area contributed by atoms with E-state index in [4.69, 9.17) is 0 Å². The number of hydrogen-bond acceptors (Lipinski definition) is 5.